The number of amides is 1. The van der Waals surface area contributed by atoms with Crippen molar-refractivity contribution in [3.63, 3.8) is 0 Å². The highest BCUT2D eigenvalue weighted by atomic mass is 16.5. The van der Waals surface area contributed by atoms with Crippen molar-refractivity contribution in [3.05, 3.63) is 108 Å². The SMILES string of the molecule is COc1ccc(CNc2cccc(N3CC(c4ccc(OC)c(OC5CCCC5)c4)CC3=O)c2)cc1OCc1ccccc1. The van der Waals surface area contributed by atoms with Crippen LogP contribution in [-0.4, -0.2) is 32.8 Å². The fourth-order valence-electron chi connectivity index (χ4n) is 6.07. The Kier molecular flexibility index (Phi) is 9.20. The van der Waals surface area contributed by atoms with Crippen LogP contribution in [0.1, 0.15) is 54.7 Å². The Morgan fingerprint density at radius 1 is 0.773 bits per heavy atom. The van der Waals surface area contributed by atoms with Crippen molar-refractivity contribution in [2.75, 3.05) is 31.0 Å². The third-order valence-electron chi connectivity index (χ3n) is 8.50. The van der Waals surface area contributed by atoms with Crippen LogP contribution < -0.4 is 29.2 Å². The van der Waals surface area contributed by atoms with Gasteiger partial charge in [-0.3, -0.25) is 4.79 Å². The van der Waals surface area contributed by atoms with Crippen molar-refractivity contribution in [1.82, 2.24) is 0 Å². The summed E-state index contributed by atoms with van der Waals surface area (Å²) in [5.41, 5.74) is 5.09. The highest BCUT2D eigenvalue weighted by Gasteiger charge is 2.32. The predicted molar refractivity (Wildman–Crippen MR) is 173 cm³/mol. The second-order valence-corrected chi connectivity index (χ2v) is 11.5. The first-order valence-corrected chi connectivity index (χ1v) is 15.4. The topological polar surface area (TPSA) is 69.3 Å². The van der Waals surface area contributed by atoms with E-state index in [9.17, 15) is 4.79 Å². The molecule has 4 aromatic rings. The third kappa shape index (κ3) is 6.94. The van der Waals surface area contributed by atoms with Crippen LogP contribution in [0.4, 0.5) is 11.4 Å². The van der Waals surface area contributed by atoms with E-state index in [1.165, 1.54) is 12.8 Å². The Labute approximate surface area is 259 Å². The fraction of sp³-hybridized carbons (Fsp3) is 0.324. The summed E-state index contributed by atoms with van der Waals surface area (Å²) < 4.78 is 23.5. The molecule has 0 radical (unpaired) electrons. The Morgan fingerprint density at radius 2 is 1.55 bits per heavy atom. The van der Waals surface area contributed by atoms with Gasteiger partial charge in [-0.1, -0.05) is 48.5 Å². The summed E-state index contributed by atoms with van der Waals surface area (Å²) in [7, 11) is 3.32. The van der Waals surface area contributed by atoms with Crippen molar-refractivity contribution in [2.24, 2.45) is 0 Å². The maximum atomic E-state index is 13.2. The lowest BCUT2D eigenvalue weighted by Gasteiger charge is -2.20. The lowest BCUT2D eigenvalue weighted by molar-refractivity contribution is -0.117. The van der Waals surface area contributed by atoms with Gasteiger partial charge in [-0.2, -0.15) is 0 Å². The summed E-state index contributed by atoms with van der Waals surface area (Å²) in [6.45, 7) is 1.69. The van der Waals surface area contributed by atoms with Crippen LogP contribution in [0.5, 0.6) is 23.0 Å². The van der Waals surface area contributed by atoms with E-state index in [4.69, 9.17) is 18.9 Å². The molecule has 6 rings (SSSR count). The molecule has 7 nitrogen and oxygen atoms in total. The summed E-state index contributed by atoms with van der Waals surface area (Å²) in [6, 6.07) is 30.2. The summed E-state index contributed by atoms with van der Waals surface area (Å²) in [5.74, 6) is 3.13. The highest BCUT2D eigenvalue weighted by molar-refractivity contribution is 5.97. The molecule has 1 atom stereocenters. The highest BCUT2D eigenvalue weighted by Crippen LogP contribution is 2.38. The molecule has 1 aliphatic heterocycles. The van der Waals surface area contributed by atoms with E-state index in [0.29, 0.717) is 37.6 Å². The monoisotopic (exact) mass is 592 g/mol. The molecule has 2 fully saturated rings. The molecule has 7 heteroatoms. The third-order valence-corrected chi connectivity index (χ3v) is 8.50. The van der Waals surface area contributed by atoms with Gasteiger partial charge in [0.2, 0.25) is 5.91 Å². The first-order valence-electron chi connectivity index (χ1n) is 15.4. The second kappa shape index (κ2) is 13.8. The molecule has 1 heterocycles. The molecule has 0 bridgehead atoms. The largest absolute Gasteiger partial charge is 0.493 e. The summed E-state index contributed by atoms with van der Waals surface area (Å²) in [6.07, 6.45) is 5.27. The molecule has 1 saturated carbocycles. The number of nitrogens with zero attached hydrogens (tertiary/aromatic N) is 1. The summed E-state index contributed by atoms with van der Waals surface area (Å²) in [4.78, 5) is 15.1. The van der Waals surface area contributed by atoms with Crippen molar-refractivity contribution >= 4 is 17.3 Å². The van der Waals surface area contributed by atoms with Gasteiger partial charge in [0, 0.05) is 36.8 Å². The number of nitrogens with one attached hydrogen (secondary N) is 1. The Balaban J connectivity index is 1.11. The molecule has 0 spiro atoms. The fourth-order valence-corrected chi connectivity index (χ4v) is 6.07. The van der Waals surface area contributed by atoms with Gasteiger partial charge in [0.15, 0.2) is 23.0 Å². The van der Waals surface area contributed by atoms with E-state index in [-0.39, 0.29) is 17.9 Å². The number of rotatable bonds is 12. The molecule has 2 aliphatic rings. The molecule has 44 heavy (non-hydrogen) atoms. The normalized spacial score (nSPS) is 16.6. The van der Waals surface area contributed by atoms with Crippen LogP contribution in [0.15, 0.2) is 91.0 Å². The average Bonchev–Trinajstić information content (AvgIpc) is 3.73. The molecule has 1 amide bonds. The summed E-state index contributed by atoms with van der Waals surface area (Å²) >= 11 is 0. The van der Waals surface area contributed by atoms with Gasteiger partial charge in [0.05, 0.1) is 20.3 Å². The van der Waals surface area contributed by atoms with Crippen molar-refractivity contribution in [1.29, 1.82) is 0 Å². The molecule has 1 aliphatic carbocycles. The van der Waals surface area contributed by atoms with Gasteiger partial charge >= 0.3 is 0 Å². The second-order valence-electron chi connectivity index (χ2n) is 11.5. The Morgan fingerprint density at radius 3 is 2.34 bits per heavy atom. The molecule has 4 aromatic carbocycles. The maximum Gasteiger partial charge on any atom is 0.227 e. The molecular weight excluding hydrogens is 552 g/mol. The molecular formula is C37H40N2O5. The van der Waals surface area contributed by atoms with Gasteiger partial charge in [-0.05, 0) is 84.8 Å². The average molecular weight is 593 g/mol. The van der Waals surface area contributed by atoms with Crippen LogP contribution in [-0.2, 0) is 17.9 Å². The van der Waals surface area contributed by atoms with Crippen LogP contribution in [0.2, 0.25) is 0 Å². The number of carbonyl (C=O) groups is 1. The number of methoxy groups -OCH3 is 2. The van der Waals surface area contributed by atoms with E-state index < -0.39 is 0 Å². The number of hydrogen-bond donors (Lipinski definition) is 1. The van der Waals surface area contributed by atoms with E-state index >= 15 is 0 Å². The van der Waals surface area contributed by atoms with Crippen LogP contribution in [0, 0.1) is 0 Å². The van der Waals surface area contributed by atoms with Gasteiger partial charge in [-0.25, -0.2) is 0 Å². The van der Waals surface area contributed by atoms with E-state index in [0.717, 1.165) is 52.4 Å². The van der Waals surface area contributed by atoms with E-state index in [1.807, 2.05) is 83.8 Å². The zero-order chi connectivity index (χ0) is 30.3. The van der Waals surface area contributed by atoms with Gasteiger partial charge in [-0.15, -0.1) is 0 Å². The van der Waals surface area contributed by atoms with Crippen molar-refractivity contribution in [3.8, 4) is 23.0 Å². The van der Waals surface area contributed by atoms with Crippen LogP contribution in [0.25, 0.3) is 0 Å². The number of hydrogen-bond acceptors (Lipinski definition) is 6. The smallest absolute Gasteiger partial charge is 0.227 e. The van der Waals surface area contributed by atoms with Gasteiger partial charge in [0.1, 0.15) is 6.61 Å². The minimum Gasteiger partial charge on any atom is -0.493 e. The lowest BCUT2D eigenvalue weighted by atomic mass is 9.98. The van der Waals surface area contributed by atoms with E-state index in [1.54, 1.807) is 14.2 Å². The number of carbonyl (C=O) groups excluding carboxylic acids is 1. The minimum absolute atomic E-state index is 0.0876. The number of anilines is 2. The minimum atomic E-state index is 0.0876. The molecule has 0 aromatic heterocycles. The number of ether oxygens (including phenoxy) is 4. The predicted octanol–water partition coefficient (Wildman–Crippen LogP) is 7.74. The zero-order valence-corrected chi connectivity index (χ0v) is 25.5. The molecule has 228 valence electrons. The lowest BCUT2D eigenvalue weighted by Crippen LogP contribution is -2.24. The molecule has 1 N–H and O–H groups in total. The van der Waals surface area contributed by atoms with Gasteiger partial charge in [0.25, 0.3) is 0 Å². The quantitative estimate of drug-likeness (QED) is 0.182. The van der Waals surface area contributed by atoms with Crippen molar-refractivity contribution in [2.45, 2.75) is 57.3 Å². The molecule has 1 unspecified atom stereocenters. The van der Waals surface area contributed by atoms with E-state index in [2.05, 4.69) is 17.4 Å². The standard InChI is InChI=1S/C37H40N2O5/c1-41-33-17-15-27(19-35(33)43-25-26-9-4-3-5-10-26)23-38-30-11-8-12-31(22-30)39-24-29(21-37(39)40)28-16-18-34(42-2)36(20-28)44-32-13-6-7-14-32/h3-5,8-12,15-20,22,29,32,38H,6-7,13-14,21,23-25H2,1-2H3. The molecule has 1 saturated heterocycles. The Bertz CT molecular complexity index is 1570. The maximum absolute atomic E-state index is 13.2. The van der Waals surface area contributed by atoms with Crippen molar-refractivity contribution < 1.29 is 23.7 Å². The zero-order valence-electron chi connectivity index (χ0n) is 25.5. The first-order chi connectivity index (χ1) is 21.6. The van der Waals surface area contributed by atoms with Crippen LogP contribution >= 0.6 is 0 Å². The first kappa shape index (κ1) is 29.4. The van der Waals surface area contributed by atoms with Gasteiger partial charge < -0.3 is 29.2 Å². The Hall–Kier alpha value is -4.65. The van der Waals surface area contributed by atoms with Crippen LogP contribution in [0.3, 0.4) is 0 Å². The summed E-state index contributed by atoms with van der Waals surface area (Å²) in [5, 5.41) is 3.51. The number of benzene rings is 4.